The van der Waals surface area contributed by atoms with Crippen LogP contribution in [0.2, 0.25) is 0 Å². The minimum atomic E-state index is -0.829. The van der Waals surface area contributed by atoms with Crippen LogP contribution in [0.5, 0.6) is 0 Å². The second-order valence-corrected chi connectivity index (χ2v) is 8.87. The minimum Gasteiger partial charge on any atom is -0.514 e. The van der Waals surface area contributed by atoms with Gasteiger partial charge in [-0.05, 0) is 53.3 Å². The maximum absolute atomic E-state index is 11.2. The number of thioether (sulfide) groups is 1. The smallest absolute Gasteiger partial charge is 0.514 e. The predicted molar refractivity (Wildman–Crippen MR) is 127 cm³/mol. The molecule has 0 saturated carbocycles. The van der Waals surface area contributed by atoms with Crippen molar-refractivity contribution in [2.24, 2.45) is 9.98 Å². The molecular weight excluding hydrogens is 527 g/mol. The molecule has 0 aromatic heterocycles. The molecule has 176 valence electrons. The molecule has 2 heterocycles. The number of hydrogen-bond acceptors (Lipinski definition) is 12. The fraction of sp³-hybridized carbons (Fsp3) is 0.667. The standard InChI is InChI=1S/C9H13NO4S.C6H8ClNO2.C3H6OS2.K/c1-4-13-8(12)15-5-6-10-9(2,3)7(11)14-6;1-6(2)5(9)10-4(3-7)8-6;1-2-4-3(5)6;/h4-5H2,1-3H3;3H2,1-2H3;2H2,1H3,(H,5,6);/q;;;+1/p-1. The topological polar surface area (TPSA) is 113 Å². The molecule has 0 atom stereocenters. The van der Waals surface area contributed by atoms with Crippen LogP contribution in [0, 0.1) is 0 Å². The molecule has 2 aliphatic rings. The Bertz CT molecular complexity index is 746. The summed E-state index contributed by atoms with van der Waals surface area (Å²) in [5, 5.41) is -0.388. The van der Waals surface area contributed by atoms with Gasteiger partial charge in [0.15, 0.2) is 11.1 Å². The number of carbonyl (C=O) groups is 3. The van der Waals surface area contributed by atoms with Crippen molar-refractivity contribution in [1.29, 1.82) is 0 Å². The first kappa shape index (κ1) is 34.3. The van der Waals surface area contributed by atoms with Crippen molar-refractivity contribution < 1.29 is 84.7 Å². The van der Waals surface area contributed by atoms with Crippen molar-refractivity contribution in [2.45, 2.75) is 52.6 Å². The van der Waals surface area contributed by atoms with E-state index in [1.54, 1.807) is 34.6 Å². The molecule has 0 aliphatic carbocycles. The van der Waals surface area contributed by atoms with Crippen LogP contribution in [0.3, 0.4) is 0 Å². The van der Waals surface area contributed by atoms with Gasteiger partial charge in [0.1, 0.15) is 0 Å². The number of aliphatic imine (C=N–C) groups is 2. The third-order valence-corrected chi connectivity index (χ3v) is 4.39. The van der Waals surface area contributed by atoms with Crippen LogP contribution in [0.25, 0.3) is 0 Å². The maximum atomic E-state index is 11.2. The van der Waals surface area contributed by atoms with Gasteiger partial charge in [0, 0.05) is 4.38 Å². The Labute approximate surface area is 251 Å². The molecule has 0 N–H and O–H groups in total. The zero-order valence-corrected chi connectivity index (χ0v) is 25.5. The summed E-state index contributed by atoms with van der Waals surface area (Å²) >= 11 is 15.1. The normalized spacial score (nSPS) is 17.0. The number of thiocarbonyl (C=S) groups is 1. The summed E-state index contributed by atoms with van der Waals surface area (Å²) in [7, 11) is 0. The van der Waals surface area contributed by atoms with Crippen LogP contribution in [-0.2, 0) is 41.2 Å². The number of hydrogen-bond donors (Lipinski definition) is 0. The van der Waals surface area contributed by atoms with Gasteiger partial charge in [-0.3, -0.25) is 0 Å². The molecule has 9 nitrogen and oxygen atoms in total. The number of cyclic esters (lactones) is 2. The third kappa shape index (κ3) is 13.7. The molecule has 32 heavy (non-hydrogen) atoms. The quantitative estimate of drug-likeness (QED) is 0.119. The van der Waals surface area contributed by atoms with Gasteiger partial charge in [0.25, 0.3) is 0 Å². The second-order valence-electron chi connectivity index (χ2n) is 6.70. The molecule has 0 saturated heterocycles. The molecule has 0 unspecified atom stereocenters. The summed E-state index contributed by atoms with van der Waals surface area (Å²) in [6, 6.07) is 0. The van der Waals surface area contributed by atoms with Gasteiger partial charge in [-0.25, -0.2) is 24.4 Å². The van der Waals surface area contributed by atoms with Crippen molar-refractivity contribution in [3.05, 3.63) is 0 Å². The first-order valence-electron chi connectivity index (χ1n) is 9.10. The fourth-order valence-electron chi connectivity index (χ4n) is 1.74. The number of halogens is 1. The van der Waals surface area contributed by atoms with E-state index in [-0.39, 0.29) is 90.5 Å². The second kappa shape index (κ2) is 16.7. The molecule has 0 spiro atoms. The fourth-order valence-corrected chi connectivity index (χ4v) is 2.66. The van der Waals surface area contributed by atoms with Gasteiger partial charge < -0.3 is 43.8 Å². The first-order valence-corrected chi connectivity index (χ1v) is 11.4. The summed E-state index contributed by atoms with van der Waals surface area (Å²) in [4.78, 5) is 41.1. The number of ether oxygens (including phenoxy) is 4. The van der Waals surface area contributed by atoms with Gasteiger partial charge in [-0.2, -0.15) is 0 Å². The Kier molecular flexibility index (Phi) is 17.9. The predicted octanol–water partition coefficient (Wildman–Crippen LogP) is 0.428. The molecule has 0 radical (unpaired) electrons. The van der Waals surface area contributed by atoms with Gasteiger partial charge in [0.05, 0.1) is 24.8 Å². The monoisotopic (exact) mass is 552 g/mol. The van der Waals surface area contributed by atoms with E-state index >= 15 is 0 Å². The van der Waals surface area contributed by atoms with Gasteiger partial charge in [-0.15, -0.1) is 11.6 Å². The number of alkyl halides is 1. The summed E-state index contributed by atoms with van der Waals surface area (Å²) in [5.74, 6) is 0.272. The van der Waals surface area contributed by atoms with Crippen LogP contribution >= 0.6 is 35.6 Å². The molecular formula is C18H26ClKN2O7S3. The van der Waals surface area contributed by atoms with Crippen LogP contribution < -0.4 is 51.4 Å². The van der Waals surface area contributed by atoms with E-state index in [1.807, 2.05) is 6.92 Å². The number of esters is 2. The molecule has 0 amide bonds. The van der Waals surface area contributed by atoms with Crippen molar-refractivity contribution in [3.63, 3.8) is 0 Å². The Hall–Kier alpha value is 0.136. The van der Waals surface area contributed by atoms with Crippen molar-refractivity contribution in [2.75, 3.05) is 24.8 Å². The number of nitrogens with zero attached hydrogens (tertiary/aromatic N) is 2. The average Bonchev–Trinajstić information content (AvgIpc) is 3.07. The van der Waals surface area contributed by atoms with E-state index in [4.69, 9.17) is 25.8 Å². The summed E-state index contributed by atoms with van der Waals surface area (Å²) in [5.41, 5.74) is -1.56. The third-order valence-electron chi connectivity index (χ3n) is 3.18. The average molecular weight is 553 g/mol. The Balaban J connectivity index is 0. The minimum absolute atomic E-state index is 0. The first-order chi connectivity index (χ1) is 14.3. The van der Waals surface area contributed by atoms with Crippen molar-refractivity contribution >= 4 is 81.6 Å². The van der Waals surface area contributed by atoms with Crippen molar-refractivity contribution in [1.82, 2.24) is 0 Å². The summed E-state index contributed by atoms with van der Waals surface area (Å²) in [6.07, 6.45) is 0. The molecule has 2 rings (SSSR count). The van der Waals surface area contributed by atoms with E-state index in [0.29, 0.717) is 19.1 Å². The SMILES string of the molecule is CC1(C)N=C(CCl)OC1=O.CCOC(=O)SCC1=NC(C)(C)C(=O)O1.CCOC(=S)[S-].[K+]. The Morgan fingerprint density at radius 3 is 1.72 bits per heavy atom. The maximum Gasteiger partial charge on any atom is 1.00 e. The van der Waals surface area contributed by atoms with E-state index < -0.39 is 11.1 Å². The van der Waals surface area contributed by atoms with Crippen LogP contribution in [0.1, 0.15) is 41.5 Å². The zero-order valence-electron chi connectivity index (χ0n) is 19.2. The molecule has 14 heteroatoms. The van der Waals surface area contributed by atoms with Crippen molar-refractivity contribution in [3.8, 4) is 0 Å². The molecule has 0 aromatic carbocycles. The summed E-state index contributed by atoms with van der Waals surface area (Å²) in [6.45, 7) is 11.2. The Morgan fingerprint density at radius 1 is 1.03 bits per heavy atom. The number of rotatable bonds is 5. The molecule has 0 bridgehead atoms. The van der Waals surface area contributed by atoms with Crippen LogP contribution in [-0.4, -0.2) is 69.3 Å². The van der Waals surface area contributed by atoms with E-state index in [9.17, 15) is 14.4 Å². The molecule has 0 fully saturated rings. The molecule has 2 aliphatic heterocycles. The van der Waals surface area contributed by atoms with E-state index in [0.717, 1.165) is 11.8 Å². The largest absolute Gasteiger partial charge is 1.00 e. The number of carbonyl (C=O) groups excluding carboxylic acids is 3. The van der Waals surface area contributed by atoms with Crippen LogP contribution in [0.4, 0.5) is 4.79 Å². The van der Waals surface area contributed by atoms with E-state index in [2.05, 4.69) is 39.6 Å². The summed E-state index contributed by atoms with van der Waals surface area (Å²) < 4.78 is 19.1. The van der Waals surface area contributed by atoms with Gasteiger partial charge in [0.2, 0.25) is 11.8 Å². The van der Waals surface area contributed by atoms with Gasteiger partial charge in [-0.1, -0.05) is 0 Å². The van der Waals surface area contributed by atoms with E-state index in [1.165, 1.54) is 0 Å². The van der Waals surface area contributed by atoms with Gasteiger partial charge >= 0.3 is 68.6 Å². The zero-order chi connectivity index (χ0) is 24.2. The Morgan fingerprint density at radius 2 is 1.47 bits per heavy atom. The molecule has 0 aromatic rings. The van der Waals surface area contributed by atoms with Crippen LogP contribution in [0.15, 0.2) is 9.98 Å².